The molecule has 1 fully saturated rings. The van der Waals surface area contributed by atoms with Crippen molar-refractivity contribution in [2.45, 2.75) is 132 Å². The Hall–Kier alpha value is -6.91. The van der Waals surface area contributed by atoms with Crippen LogP contribution in [0.3, 0.4) is 0 Å². The predicted molar refractivity (Wildman–Crippen MR) is 331 cm³/mol. The van der Waals surface area contributed by atoms with Gasteiger partial charge in [-0.25, -0.2) is 4.79 Å². The molecule has 4 aromatic rings. The van der Waals surface area contributed by atoms with Crippen LogP contribution in [-0.4, -0.2) is 135 Å². The number of allylic oxidation sites excluding steroid dienone is 1. The minimum absolute atomic E-state index is 0.00682. The molecule has 1 saturated heterocycles. The normalized spacial score (nSPS) is 18.2. The summed E-state index contributed by atoms with van der Waals surface area (Å²) in [6, 6.07) is 20.6. The molecule has 0 spiro atoms. The van der Waals surface area contributed by atoms with Crippen molar-refractivity contribution in [2.24, 2.45) is 29.6 Å². The van der Waals surface area contributed by atoms with Gasteiger partial charge in [-0.2, -0.15) is 0 Å². The molecule has 9 atom stereocenters. The third-order valence-corrected chi connectivity index (χ3v) is 20.6. The number of carboxylic acid groups (broad SMARTS) is 1. The van der Waals surface area contributed by atoms with Gasteiger partial charge in [-0.05, 0) is 55.6 Å². The van der Waals surface area contributed by atoms with Crippen LogP contribution >= 0.6 is 0 Å². The lowest BCUT2D eigenvalue weighted by molar-refractivity contribution is -0.339. The fourth-order valence-corrected chi connectivity index (χ4v) is 16.7. The predicted octanol–water partition coefficient (Wildman–Crippen LogP) is 10.6. The van der Waals surface area contributed by atoms with Crippen LogP contribution in [0.5, 0.6) is 23.0 Å². The molecule has 87 heavy (non-hydrogen) atoms. The first-order chi connectivity index (χ1) is 41.1. The van der Waals surface area contributed by atoms with Crippen LogP contribution < -0.4 is 29.3 Å². The average Bonchev–Trinajstić information content (AvgIpc) is 0.765. The zero-order chi connectivity index (χ0) is 64.7. The fourth-order valence-electron chi connectivity index (χ4n) is 12.0. The van der Waals surface area contributed by atoms with E-state index in [4.69, 9.17) is 61.3 Å². The van der Waals surface area contributed by atoms with E-state index in [1.807, 2.05) is 50.2 Å². The van der Waals surface area contributed by atoms with Crippen molar-refractivity contribution < 1.29 is 90.3 Å². The van der Waals surface area contributed by atoms with E-state index in [0.29, 0.717) is 0 Å². The van der Waals surface area contributed by atoms with Gasteiger partial charge in [-0.15, -0.1) is 0 Å². The van der Waals surface area contributed by atoms with Gasteiger partial charge < -0.3 is 66.4 Å². The third-order valence-electron chi connectivity index (χ3n) is 15.6. The molecular weight excluding hydrogens is 1140 g/mol. The summed E-state index contributed by atoms with van der Waals surface area (Å²) in [5.74, 6) is -9.97. The second-order valence-electron chi connectivity index (χ2n) is 23.5. The number of carboxylic acids is 1. The molecule has 0 radical (unpaired) electrons. The van der Waals surface area contributed by atoms with E-state index < -0.39 is 98.6 Å². The standard InChI is InChI=1S/C67H90O19Si/c1-20-32-77-60-45(9)59(80-37-75-18)52(51-53(60)63(81-38-76-19)50(64(71)72)42(6)58(51)79-36-74-17)55(70)39(3)34-40(4)56(83-46(10)68)43(7)61(84-47(11)69)54(65(73)78-33-21-2)62-44(8)57(85-67(15,16)86-62)41(5)35-82-87(66(12,13)14,48-28-24-22-25-29-48)49-30-26-23-27-31-49/h20-31,34,40-41,43-44,54,56-57,61-62H,1-2,32-33,35-38H2,3-19H3,(H,71,72)/b39-34+/t40-,41+,43+,44+,54-,56-,57+,61+,62+/m0/s1. The maximum absolute atomic E-state index is 15.7. The van der Waals surface area contributed by atoms with E-state index in [2.05, 4.69) is 58.2 Å². The minimum atomic E-state index is -3.04. The van der Waals surface area contributed by atoms with Crippen molar-refractivity contribution in [3.05, 3.63) is 120 Å². The van der Waals surface area contributed by atoms with Crippen LogP contribution in [0.15, 0.2) is 97.6 Å². The molecule has 0 aromatic heterocycles. The van der Waals surface area contributed by atoms with Gasteiger partial charge in [0.25, 0.3) is 8.32 Å². The maximum Gasteiger partial charge on any atom is 0.339 e. The molecule has 1 N–H and O–H groups in total. The number of benzene rings is 4. The molecule has 1 aliphatic rings. The van der Waals surface area contributed by atoms with E-state index in [1.165, 1.54) is 54.3 Å². The van der Waals surface area contributed by atoms with Gasteiger partial charge in [0, 0.05) is 82.0 Å². The van der Waals surface area contributed by atoms with E-state index in [0.717, 1.165) is 10.4 Å². The molecule has 0 unspecified atom stereocenters. The maximum atomic E-state index is 15.7. The molecule has 4 aromatic carbocycles. The first-order valence-electron chi connectivity index (χ1n) is 29.1. The van der Waals surface area contributed by atoms with Gasteiger partial charge in [0.15, 0.2) is 31.9 Å². The highest BCUT2D eigenvalue weighted by Crippen LogP contribution is 2.53. The Kier molecular flexibility index (Phi) is 25.5. The fraction of sp³-hybridized carbons (Fsp3) is 0.507. The average molecular weight is 1230 g/mol. The second-order valence-corrected chi connectivity index (χ2v) is 27.8. The number of aromatic carboxylic acids is 1. The minimum Gasteiger partial charge on any atom is -0.488 e. The lowest BCUT2D eigenvalue weighted by atomic mass is 9.75. The third kappa shape index (κ3) is 16.2. The van der Waals surface area contributed by atoms with E-state index >= 15 is 4.79 Å². The van der Waals surface area contributed by atoms with Crippen molar-refractivity contribution in [1.29, 1.82) is 0 Å². The lowest BCUT2D eigenvalue weighted by Crippen LogP contribution is -2.67. The van der Waals surface area contributed by atoms with Crippen molar-refractivity contribution in [3.8, 4) is 23.0 Å². The van der Waals surface area contributed by atoms with E-state index in [1.54, 1.807) is 47.6 Å². The Labute approximate surface area is 513 Å². The summed E-state index contributed by atoms with van der Waals surface area (Å²) in [7, 11) is 1.11. The molecule has 5 rings (SSSR count). The van der Waals surface area contributed by atoms with Gasteiger partial charge in [0.05, 0.1) is 23.2 Å². The smallest absolute Gasteiger partial charge is 0.339 e. The number of ketones is 1. The Bertz CT molecular complexity index is 3040. The monoisotopic (exact) mass is 1230 g/mol. The Morgan fingerprint density at radius 3 is 1.67 bits per heavy atom. The summed E-state index contributed by atoms with van der Waals surface area (Å²) in [4.78, 5) is 70.9. The molecule has 0 amide bonds. The number of fused-ring (bicyclic) bond motifs is 1. The van der Waals surface area contributed by atoms with Crippen LogP contribution in [0, 0.1) is 43.4 Å². The van der Waals surface area contributed by atoms with Gasteiger partial charge in [0.1, 0.15) is 59.9 Å². The number of methoxy groups -OCH3 is 3. The van der Waals surface area contributed by atoms with Crippen LogP contribution in [0.4, 0.5) is 0 Å². The largest absolute Gasteiger partial charge is 0.488 e. The van der Waals surface area contributed by atoms with Gasteiger partial charge in [0.2, 0.25) is 0 Å². The zero-order valence-electron chi connectivity index (χ0n) is 53.7. The van der Waals surface area contributed by atoms with Crippen LogP contribution in [0.1, 0.15) is 115 Å². The highest BCUT2D eigenvalue weighted by atomic mass is 28.4. The summed E-state index contributed by atoms with van der Waals surface area (Å²) in [5.41, 5.74) is -0.00547. The van der Waals surface area contributed by atoms with Gasteiger partial charge >= 0.3 is 23.9 Å². The highest BCUT2D eigenvalue weighted by molar-refractivity contribution is 6.99. The van der Waals surface area contributed by atoms with Crippen LogP contribution in [-0.2, 0) is 56.7 Å². The quantitative estimate of drug-likeness (QED) is 0.00912. The summed E-state index contributed by atoms with van der Waals surface area (Å²) < 4.78 is 80.1. The number of hydrogen-bond acceptors (Lipinski definition) is 18. The highest BCUT2D eigenvalue weighted by Gasteiger charge is 2.55. The molecule has 1 aliphatic heterocycles. The molecular formula is C67H90O19Si. The number of ether oxygens (including phenoxy) is 12. The number of carbonyl (C=O) groups excluding carboxylic acids is 4. The SMILES string of the molecule is C=CCOC(=O)[C@@H]([C@H](OC(C)=O)[C@H](C)[C@@H](OC(C)=O)[C@@H](C)/C=C(\C)C(=O)c1c(OCOC)c(C)c(OCC=C)c2c(OCOC)c(C(=O)O)c(C)c(OCOC)c12)[C@@H]1OC(C)(C)O[C@H]([C@H](C)CO[Si](c2ccccc2)(c2ccccc2)C(C)(C)C)[C@H]1C. The molecule has 0 aliphatic carbocycles. The summed E-state index contributed by atoms with van der Waals surface area (Å²) in [6.07, 6.45) is 0.218. The summed E-state index contributed by atoms with van der Waals surface area (Å²) in [6.45, 7) is 31.0. The molecule has 476 valence electrons. The van der Waals surface area contributed by atoms with Crippen molar-refractivity contribution in [1.82, 2.24) is 0 Å². The molecule has 0 bridgehead atoms. The Balaban J connectivity index is 1.70. The van der Waals surface area contributed by atoms with Crippen LogP contribution in [0.2, 0.25) is 5.04 Å². The number of hydrogen-bond donors (Lipinski definition) is 1. The van der Waals surface area contributed by atoms with Gasteiger partial charge in [-0.1, -0.05) is 141 Å². The van der Waals surface area contributed by atoms with E-state index in [9.17, 15) is 24.3 Å². The summed E-state index contributed by atoms with van der Waals surface area (Å²) >= 11 is 0. The van der Waals surface area contributed by atoms with E-state index in [-0.39, 0.29) is 106 Å². The molecule has 0 saturated carbocycles. The second kappa shape index (κ2) is 31.3. The Morgan fingerprint density at radius 2 is 1.17 bits per heavy atom. The number of carbonyl (C=O) groups is 5. The molecule has 19 nitrogen and oxygen atoms in total. The van der Waals surface area contributed by atoms with Crippen molar-refractivity contribution in [2.75, 3.05) is 61.5 Å². The van der Waals surface area contributed by atoms with Gasteiger partial charge in [-0.3, -0.25) is 19.2 Å². The Morgan fingerprint density at radius 1 is 0.678 bits per heavy atom. The number of Topliss-reactive ketones (excluding diaryl/α,β-unsaturated/α-hetero) is 1. The lowest BCUT2D eigenvalue weighted by Gasteiger charge is -2.51. The summed E-state index contributed by atoms with van der Waals surface area (Å²) in [5, 5.41) is 12.7. The number of esters is 3. The number of rotatable bonds is 32. The van der Waals surface area contributed by atoms with Crippen LogP contribution in [0.25, 0.3) is 10.8 Å². The first kappa shape index (κ1) is 70.8. The molecule has 1 heterocycles. The van der Waals surface area contributed by atoms with Crippen molar-refractivity contribution in [3.63, 3.8) is 0 Å². The first-order valence-corrected chi connectivity index (χ1v) is 31.0. The van der Waals surface area contributed by atoms with Crippen molar-refractivity contribution >= 4 is 59.1 Å². The molecule has 20 heteroatoms. The zero-order valence-corrected chi connectivity index (χ0v) is 54.7. The topological polar surface area (TPSA) is 226 Å².